The summed E-state index contributed by atoms with van der Waals surface area (Å²) in [7, 11) is 0. The standard InChI is InChI=1S/C21H17N3O7S2/c25-11(26)6-23-19(27)14-9-5-10(15(14)20(23)28)16-13(9)12(17-18(32-16)22-21(29)33-17)7-2-1-3-8(4-7)24(30)31/h1-4,9-10,12-16H,5-6H2,(H,22,29)(H,25,26)/t9-,10-,12+,13-,14+,15-,16-/m1/s1. The van der Waals surface area contributed by atoms with E-state index in [0.717, 1.165) is 21.1 Å². The van der Waals surface area contributed by atoms with Crippen LogP contribution < -0.4 is 4.87 Å². The quantitative estimate of drug-likeness (QED) is 0.377. The minimum atomic E-state index is -1.23. The maximum Gasteiger partial charge on any atom is 0.323 e. The van der Waals surface area contributed by atoms with Crippen LogP contribution in [0.25, 0.3) is 0 Å². The van der Waals surface area contributed by atoms with Crippen molar-refractivity contribution in [1.82, 2.24) is 9.88 Å². The van der Waals surface area contributed by atoms with Crippen LogP contribution in [0.5, 0.6) is 0 Å². The molecular weight excluding hydrogens is 470 g/mol. The van der Waals surface area contributed by atoms with Crippen molar-refractivity contribution >= 4 is 46.6 Å². The lowest BCUT2D eigenvalue weighted by Crippen LogP contribution is -2.42. The number of carboxylic acid groups (broad SMARTS) is 1. The van der Waals surface area contributed by atoms with E-state index in [-0.39, 0.29) is 39.5 Å². The molecule has 2 aliphatic heterocycles. The first kappa shape index (κ1) is 20.6. The molecule has 1 saturated heterocycles. The molecule has 33 heavy (non-hydrogen) atoms. The first-order valence-corrected chi connectivity index (χ1v) is 12.2. The van der Waals surface area contributed by atoms with Crippen LogP contribution in [0.3, 0.4) is 0 Å². The Bertz CT molecular complexity index is 1300. The molecule has 7 atom stereocenters. The second-order valence-corrected chi connectivity index (χ2v) is 11.2. The first-order valence-electron chi connectivity index (χ1n) is 10.5. The van der Waals surface area contributed by atoms with Crippen molar-refractivity contribution in [1.29, 1.82) is 0 Å². The largest absolute Gasteiger partial charge is 0.480 e. The van der Waals surface area contributed by atoms with Crippen molar-refractivity contribution in [2.75, 3.05) is 6.54 Å². The molecule has 2 aromatic rings. The molecule has 0 radical (unpaired) electrons. The third-order valence-electron chi connectivity index (χ3n) is 7.55. The van der Waals surface area contributed by atoms with Gasteiger partial charge in [0, 0.05) is 28.2 Å². The van der Waals surface area contributed by atoms with E-state index in [2.05, 4.69) is 4.98 Å². The van der Waals surface area contributed by atoms with Gasteiger partial charge in [-0.1, -0.05) is 23.5 Å². The van der Waals surface area contributed by atoms with E-state index in [1.54, 1.807) is 12.1 Å². The fraction of sp³-hybridized carbons (Fsp3) is 0.429. The van der Waals surface area contributed by atoms with Gasteiger partial charge < -0.3 is 10.1 Å². The second kappa shape index (κ2) is 7.00. The number of aliphatic carboxylic acids is 1. The Morgan fingerprint density at radius 2 is 1.94 bits per heavy atom. The minimum Gasteiger partial charge on any atom is -0.480 e. The van der Waals surface area contributed by atoms with Crippen molar-refractivity contribution in [2.24, 2.45) is 29.6 Å². The number of likely N-dealkylation sites (tertiary alicyclic amines) is 1. The molecule has 1 aromatic carbocycles. The highest BCUT2D eigenvalue weighted by molar-refractivity contribution is 8.00. The van der Waals surface area contributed by atoms with E-state index < -0.39 is 41.1 Å². The highest BCUT2D eigenvalue weighted by Gasteiger charge is 2.69. The van der Waals surface area contributed by atoms with Crippen LogP contribution in [-0.2, 0) is 14.4 Å². The molecular formula is C21H17N3O7S2. The van der Waals surface area contributed by atoms with E-state index >= 15 is 0 Å². The number of carboxylic acids is 1. The number of non-ortho nitro benzene ring substituents is 1. The van der Waals surface area contributed by atoms with Gasteiger partial charge in [-0.15, -0.1) is 11.8 Å². The first-order chi connectivity index (χ1) is 15.8. The molecule has 4 aliphatic rings. The topological polar surface area (TPSA) is 151 Å². The molecule has 2 aliphatic carbocycles. The molecule has 0 spiro atoms. The van der Waals surface area contributed by atoms with Crippen LogP contribution in [-0.4, -0.2) is 49.5 Å². The summed E-state index contributed by atoms with van der Waals surface area (Å²) in [5.74, 6) is -3.92. The molecule has 3 heterocycles. The number of fused-ring (bicyclic) bond motifs is 9. The van der Waals surface area contributed by atoms with E-state index in [0.29, 0.717) is 17.0 Å². The average molecular weight is 488 g/mol. The molecule has 6 rings (SSSR count). The number of nitro groups is 1. The molecule has 0 unspecified atom stereocenters. The average Bonchev–Trinajstić information content (AvgIpc) is 3.49. The highest BCUT2D eigenvalue weighted by Crippen LogP contribution is 2.68. The number of hydrogen-bond acceptors (Lipinski definition) is 8. The van der Waals surface area contributed by atoms with Gasteiger partial charge in [-0.2, -0.15) is 0 Å². The number of imide groups is 1. The number of benzene rings is 1. The summed E-state index contributed by atoms with van der Waals surface area (Å²) in [5.41, 5.74) is 0.659. The van der Waals surface area contributed by atoms with E-state index in [1.807, 2.05) is 0 Å². The number of carbonyl (C=O) groups is 3. The Kier molecular flexibility index (Phi) is 4.37. The van der Waals surface area contributed by atoms with E-state index in [1.165, 1.54) is 23.9 Å². The number of rotatable bonds is 4. The normalized spacial score (nSPS) is 33.7. The minimum absolute atomic E-state index is 0.0486. The van der Waals surface area contributed by atoms with Crippen LogP contribution >= 0.6 is 23.1 Å². The molecule has 170 valence electrons. The zero-order valence-electron chi connectivity index (χ0n) is 16.9. The van der Waals surface area contributed by atoms with E-state index in [9.17, 15) is 29.3 Å². The summed E-state index contributed by atoms with van der Waals surface area (Å²) >= 11 is 2.59. The van der Waals surface area contributed by atoms with Gasteiger partial charge in [0.2, 0.25) is 11.8 Å². The Morgan fingerprint density at radius 3 is 2.64 bits per heavy atom. The molecule has 2 N–H and O–H groups in total. The molecule has 12 heteroatoms. The van der Waals surface area contributed by atoms with Gasteiger partial charge in [-0.3, -0.25) is 34.2 Å². The lowest BCUT2D eigenvalue weighted by atomic mass is 9.68. The number of nitro benzene ring substituents is 1. The Balaban J connectivity index is 1.46. The Labute approximate surface area is 194 Å². The number of amides is 2. The SMILES string of the molecule is O=C(O)CN1C(=O)[C@@H]2[C@H]3C[C@@H]([C@@H]2C1=O)[C@@H]1[C@H](c2cccc([N+](=O)[O-])c2)c2sc(=O)[nH]c2S[C@H]31. The monoisotopic (exact) mass is 487 g/mol. The van der Waals surface area contributed by atoms with Gasteiger partial charge in [0.05, 0.1) is 21.8 Å². The molecule has 2 saturated carbocycles. The van der Waals surface area contributed by atoms with Gasteiger partial charge in [0.15, 0.2) is 0 Å². The Morgan fingerprint density at radius 1 is 1.21 bits per heavy atom. The lowest BCUT2D eigenvalue weighted by molar-refractivity contribution is -0.384. The molecule has 2 amide bonds. The number of aromatic amines is 1. The maximum absolute atomic E-state index is 13.1. The Hall–Kier alpha value is -2.99. The summed E-state index contributed by atoms with van der Waals surface area (Å²) in [6, 6.07) is 6.36. The number of carbonyl (C=O) groups excluding carboxylic acids is 2. The van der Waals surface area contributed by atoms with Gasteiger partial charge in [-0.05, 0) is 29.7 Å². The zero-order valence-corrected chi connectivity index (χ0v) is 18.5. The number of thioether (sulfide) groups is 1. The summed E-state index contributed by atoms with van der Waals surface area (Å²) in [5, 5.41) is 21.2. The smallest absolute Gasteiger partial charge is 0.323 e. The van der Waals surface area contributed by atoms with Crippen molar-refractivity contribution < 1.29 is 24.4 Å². The van der Waals surface area contributed by atoms with Gasteiger partial charge in [0.25, 0.3) is 5.69 Å². The van der Waals surface area contributed by atoms with Crippen LogP contribution in [0.15, 0.2) is 34.1 Å². The predicted molar refractivity (Wildman–Crippen MR) is 116 cm³/mol. The third kappa shape index (κ3) is 2.80. The maximum atomic E-state index is 13.1. The van der Waals surface area contributed by atoms with Crippen molar-refractivity contribution in [3.63, 3.8) is 0 Å². The summed E-state index contributed by atoms with van der Waals surface area (Å²) < 4.78 is 0. The fourth-order valence-corrected chi connectivity index (χ4v) is 9.46. The van der Waals surface area contributed by atoms with Crippen LogP contribution in [0.4, 0.5) is 5.69 Å². The number of aromatic nitrogens is 1. The fourth-order valence-electron chi connectivity index (χ4n) is 6.57. The lowest BCUT2D eigenvalue weighted by Gasteiger charge is -2.43. The summed E-state index contributed by atoms with van der Waals surface area (Å²) in [6.45, 7) is -0.637. The second-order valence-electron chi connectivity index (χ2n) is 8.97. The third-order valence-corrected chi connectivity index (χ3v) is 10.1. The van der Waals surface area contributed by atoms with E-state index in [4.69, 9.17) is 5.11 Å². The van der Waals surface area contributed by atoms with Crippen LogP contribution in [0.1, 0.15) is 22.8 Å². The molecule has 2 bridgehead atoms. The highest BCUT2D eigenvalue weighted by atomic mass is 32.2. The molecule has 3 fully saturated rings. The van der Waals surface area contributed by atoms with Crippen molar-refractivity contribution in [3.05, 3.63) is 54.5 Å². The van der Waals surface area contributed by atoms with Crippen LogP contribution in [0, 0.1) is 39.7 Å². The number of H-pyrrole nitrogens is 1. The van der Waals surface area contributed by atoms with Gasteiger partial charge in [-0.25, -0.2) is 0 Å². The van der Waals surface area contributed by atoms with Crippen molar-refractivity contribution in [2.45, 2.75) is 22.6 Å². The van der Waals surface area contributed by atoms with Crippen LogP contribution in [0.2, 0.25) is 0 Å². The zero-order chi connectivity index (χ0) is 23.2. The molecule has 1 aromatic heterocycles. The number of hydrogen-bond donors (Lipinski definition) is 2. The number of nitrogens with zero attached hydrogens (tertiary/aromatic N) is 2. The van der Waals surface area contributed by atoms with Gasteiger partial charge >= 0.3 is 10.8 Å². The van der Waals surface area contributed by atoms with Crippen molar-refractivity contribution in [3.8, 4) is 0 Å². The van der Waals surface area contributed by atoms with Gasteiger partial charge in [0.1, 0.15) is 6.54 Å². The summed E-state index contributed by atoms with van der Waals surface area (Å²) in [6.07, 6.45) is 0.667. The number of nitrogens with one attached hydrogen (secondary N) is 1. The molecule has 10 nitrogen and oxygen atoms in total. The summed E-state index contributed by atoms with van der Waals surface area (Å²) in [4.78, 5) is 64.9. The predicted octanol–water partition coefficient (Wildman–Crippen LogP) is 1.90. The number of thiazole rings is 1.